The molecule has 1 fully saturated rings. The fourth-order valence-corrected chi connectivity index (χ4v) is 1.92. The molecule has 0 bridgehead atoms. The van der Waals surface area contributed by atoms with Gasteiger partial charge in [0.2, 0.25) is 0 Å². The van der Waals surface area contributed by atoms with Gasteiger partial charge in [0.25, 0.3) is 5.56 Å². The lowest BCUT2D eigenvalue weighted by molar-refractivity contribution is -0.137. The molecule has 6 nitrogen and oxygen atoms in total. The maximum atomic E-state index is 11.6. The highest BCUT2D eigenvalue weighted by molar-refractivity contribution is 5.66. The van der Waals surface area contributed by atoms with Crippen molar-refractivity contribution in [2.45, 2.75) is 51.0 Å². The summed E-state index contributed by atoms with van der Waals surface area (Å²) in [5, 5.41) is 11.9. The average molecular weight is 265 g/mol. The first-order chi connectivity index (χ1) is 8.85. The molecule has 0 aromatic carbocycles. The van der Waals surface area contributed by atoms with E-state index in [1.807, 2.05) is 13.8 Å². The molecule has 1 aromatic rings. The second-order valence-electron chi connectivity index (χ2n) is 5.69. The summed E-state index contributed by atoms with van der Waals surface area (Å²) in [5.41, 5.74) is -0.589. The van der Waals surface area contributed by atoms with Crippen LogP contribution < -0.4 is 10.9 Å². The van der Waals surface area contributed by atoms with Gasteiger partial charge in [0.1, 0.15) is 11.6 Å². The van der Waals surface area contributed by atoms with Crippen LogP contribution in [-0.2, 0) is 4.79 Å². The Bertz CT molecular complexity index is 532. The molecule has 0 unspecified atom stereocenters. The Morgan fingerprint density at radius 3 is 2.84 bits per heavy atom. The van der Waals surface area contributed by atoms with Crippen LogP contribution in [0.3, 0.4) is 0 Å². The number of rotatable bonds is 6. The van der Waals surface area contributed by atoms with Crippen LogP contribution in [0.5, 0.6) is 0 Å². The minimum atomic E-state index is -0.826. The number of carbonyl (C=O) groups is 1. The lowest BCUT2D eigenvalue weighted by Crippen LogP contribution is -2.32. The molecule has 0 atom stereocenters. The molecule has 1 saturated carbocycles. The van der Waals surface area contributed by atoms with Crippen molar-refractivity contribution in [3.8, 4) is 0 Å². The van der Waals surface area contributed by atoms with Crippen molar-refractivity contribution in [2.24, 2.45) is 0 Å². The topological polar surface area (TPSA) is 95.1 Å². The van der Waals surface area contributed by atoms with E-state index in [0.29, 0.717) is 18.2 Å². The summed E-state index contributed by atoms with van der Waals surface area (Å²) in [6.07, 6.45) is 2.68. The first-order valence-corrected chi connectivity index (χ1v) is 6.47. The minimum Gasteiger partial charge on any atom is -0.481 e. The molecule has 0 spiro atoms. The second-order valence-corrected chi connectivity index (χ2v) is 5.69. The van der Waals surface area contributed by atoms with Crippen molar-refractivity contribution in [1.29, 1.82) is 0 Å². The van der Waals surface area contributed by atoms with Crippen molar-refractivity contribution in [2.75, 3.05) is 5.32 Å². The van der Waals surface area contributed by atoms with Gasteiger partial charge in [-0.05, 0) is 33.1 Å². The van der Waals surface area contributed by atoms with Gasteiger partial charge >= 0.3 is 5.97 Å². The number of carboxylic acids is 1. The van der Waals surface area contributed by atoms with Gasteiger partial charge in [-0.1, -0.05) is 0 Å². The van der Waals surface area contributed by atoms with Gasteiger partial charge in [-0.3, -0.25) is 9.59 Å². The molecule has 1 aliphatic rings. The molecule has 6 heteroatoms. The summed E-state index contributed by atoms with van der Waals surface area (Å²) >= 11 is 0. The van der Waals surface area contributed by atoms with Gasteiger partial charge in [-0.2, -0.15) is 0 Å². The van der Waals surface area contributed by atoms with E-state index in [1.54, 1.807) is 0 Å². The molecule has 19 heavy (non-hydrogen) atoms. The van der Waals surface area contributed by atoms with Crippen LogP contribution in [0.4, 0.5) is 5.82 Å². The molecule has 0 radical (unpaired) electrons. The van der Waals surface area contributed by atoms with Crippen molar-refractivity contribution in [3.05, 3.63) is 22.2 Å². The predicted octanol–water partition coefficient (Wildman–Crippen LogP) is 1.70. The van der Waals surface area contributed by atoms with Crippen LogP contribution in [-0.4, -0.2) is 26.6 Å². The maximum absolute atomic E-state index is 11.6. The summed E-state index contributed by atoms with van der Waals surface area (Å²) < 4.78 is 0. The number of aromatic amines is 1. The van der Waals surface area contributed by atoms with E-state index in [9.17, 15) is 9.59 Å². The molecule has 2 rings (SSSR count). The highest BCUT2D eigenvalue weighted by atomic mass is 16.4. The van der Waals surface area contributed by atoms with E-state index in [2.05, 4.69) is 15.3 Å². The number of aromatic nitrogens is 2. The summed E-state index contributed by atoms with van der Waals surface area (Å²) in [4.78, 5) is 29.3. The summed E-state index contributed by atoms with van der Waals surface area (Å²) in [7, 11) is 0. The van der Waals surface area contributed by atoms with Crippen LogP contribution in [0.2, 0.25) is 0 Å². The fraction of sp³-hybridized carbons (Fsp3) is 0.615. The van der Waals surface area contributed by atoms with Crippen molar-refractivity contribution < 1.29 is 9.90 Å². The Balaban J connectivity index is 2.09. The molecule has 1 aliphatic carbocycles. The Hall–Kier alpha value is -1.85. The van der Waals surface area contributed by atoms with Gasteiger partial charge in [0, 0.05) is 23.9 Å². The molecule has 104 valence electrons. The number of hydrogen-bond acceptors (Lipinski definition) is 4. The molecular formula is C13H19N3O3. The molecular weight excluding hydrogens is 246 g/mol. The Morgan fingerprint density at radius 2 is 2.26 bits per heavy atom. The smallest absolute Gasteiger partial charge is 0.303 e. The van der Waals surface area contributed by atoms with Gasteiger partial charge in [-0.15, -0.1) is 0 Å². The van der Waals surface area contributed by atoms with Crippen LogP contribution in [0.15, 0.2) is 10.9 Å². The monoisotopic (exact) mass is 265 g/mol. The van der Waals surface area contributed by atoms with Crippen molar-refractivity contribution in [1.82, 2.24) is 9.97 Å². The molecule has 1 aromatic heterocycles. The van der Waals surface area contributed by atoms with Crippen LogP contribution in [0, 0.1) is 0 Å². The first-order valence-electron chi connectivity index (χ1n) is 6.47. The third kappa shape index (κ3) is 4.08. The number of anilines is 1. The molecule has 0 aliphatic heterocycles. The third-order valence-electron chi connectivity index (χ3n) is 3.15. The Morgan fingerprint density at radius 1 is 1.58 bits per heavy atom. The summed E-state index contributed by atoms with van der Waals surface area (Å²) in [5.74, 6) is 0.786. The number of aliphatic carboxylic acids is 1. The fourth-order valence-electron chi connectivity index (χ4n) is 1.92. The van der Waals surface area contributed by atoms with E-state index in [4.69, 9.17) is 5.11 Å². The summed E-state index contributed by atoms with van der Waals surface area (Å²) in [6.45, 7) is 3.80. The SMILES string of the molecule is CC(C)(CCC(=O)O)Nc1cc(=O)[nH]c(C2CC2)n1. The highest BCUT2D eigenvalue weighted by Crippen LogP contribution is 2.37. The van der Waals surface area contributed by atoms with E-state index in [1.165, 1.54) is 6.07 Å². The quantitative estimate of drug-likeness (QED) is 0.727. The number of hydrogen-bond donors (Lipinski definition) is 3. The molecule has 1 heterocycles. The molecule has 3 N–H and O–H groups in total. The van der Waals surface area contributed by atoms with E-state index < -0.39 is 11.5 Å². The van der Waals surface area contributed by atoms with Crippen LogP contribution >= 0.6 is 0 Å². The zero-order chi connectivity index (χ0) is 14.0. The summed E-state index contributed by atoms with van der Waals surface area (Å²) in [6, 6.07) is 1.41. The zero-order valence-electron chi connectivity index (χ0n) is 11.2. The second kappa shape index (κ2) is 5.03. The standard InChI is InChI=1S/C13H19N3O3/c1-13(2,6-5-11(18)19)16-9-7-10(17)15-12(14-9)8-3-4-8/h7-8H,3-6H2,1-2H3,(H,18,19)(H2,14,15,16,17). The third-order valence-corrected chi connectivity index (χ3v) is 3.15. The van der Waals surface area contributed by atoms with Gasteiger partial charge < -0.3 is 15.4 Å². The van der Waals surface area contributed by atoms with E-state index in [-0.39, 0.29) is 12.0 Å². The zero-order valence-corrected chi connectivity index (χ0v) is 11.2. The van der Waals surface area contributed by atoms with Crippen LogP contribution in [0.1, 0.15) is 51.3 Å². The predicted molar refractivity (Wildman–Crippen MR) is 71.4 cm³/mol. The van der Waals surface area contributed by atoms with E-state index in [0.717, 1.165) is 18.7 Å². The molecule has 0 amide bonds. The minimum absolute atomic E-state index is 0.0820. The van der Waals surface area contributed by atoms with E-state index >= 15 is 0 Å². The average Bonchev–Trinajstić information content (AvgIpc) is 3.08. The van der Waals surface area contributed by atoms with Crippen LogP contribution in [0.25, 0.3) is 0 Å². The van der Waals surface area contributed by atoms with Gasteiger partial charge in [0.15, 0.2) is 0 Å². The maximum Gasteiger partial charge on any atom is 0.303 e. The largest absolute Gasteiger partial charge is 0.481 e. The van der Waals surface area contributed by atoms with Gasteiger partial charge in [0.05, 0.1) is 0 Å². The van der Waals surface area contributed by atoms with Crippen molar-refractivity contribution in [3.63, 3.8) is 0 Å². The van der Waals surface area contributed by atoms with Gasteiger partial charge in [-0.25, -0.2) is 4.98 Å². The molecule has 0 saturated heterocycles. The Kier molecular flexibility index (Phi) is 3.59. The van der Waals surface area contributed by atoms with Crippen molar-refractivity contribution >= 4 is 11.8 Å². The number of H-pyrrole nitrogens is 1. The highest BCUT2D eigenvalue weighted by Gasteiger charge is 2.27. The first kappa shape index (κ1) is 13.6. The Labute approximate surface area is 111 Å². The lowest BCUT2D eigenvalue weighted by Gasteiger charge is -2.26. The number of nitrogens with zero attached hydrogens (tertiary/aromatic N) is 1. The number of nitrogens with one attached hydrogen (secondary N) is 2. The normalized spacial score (nSPS) is 15.3. The number of carboxylic acid groups (broad SMARTS) is 1. The lowest BCUT2D eigenvalue weighted by atomic mass is 9.98.